The number of nitrogens with zero attached hydrogens (tertiary/aromatic N) is 5. The van der Waals surface area contributed by atoms with E-state index in [0.717, 1.165) is 53.7 Å². The predicted molar refractivity (Wildman–Crippen MR) is 114 cm³/mol. The van der Waals surface area contributed by atoms with Crippen LogP contribution in [0.1, 0.15) is 29.4 Å². The molecule has 0 atom stereocenters. The standard InChI is InChI=1S/C22H24N6O/c1-26(2)17-6-5-15-12-20(25-19(15)13-17)22(29)27-10-7-16(8-11-27)28-14-24-18-4-3-9-23-21(18)28/h3-6,9,12-14,16,25H,7-8,10-11H2,1-2H3. The van der Waals surface area contributed by atoms with Crippen molar-refractivity contribution >= 4 is 33.7 Å². The minimum absolute atomic E-state index is 0.0691. The molecule has 1 saturated heterocycles. The summed E-state index contributed by atoms with van der Waals surface area (Å²) in [6, 6.07) is 12.4. The Hall–Kier alpha value is -3.35. The van der Waals surface area contributed by atoms with E-state index in [-0.39, 0.29) is 5.91 Å². The fourth-order valence-corrected chi connectivity index (χ4v) is 4.16. The lowest BCUT2D eigenvalue weighted by Gasteiger charge is -2.32. The van der Waals surface area contributed by atoms with E-state index in [9.17, 15) is 4.79 Å². The largest absolute Gasteiger partial charge is 0.378 e. The van der Waals surface area contributed by atoms with Gasteiger partial charge in [-0.2, -0.15) is 0 Å². The van der Waals surface area contributed by atoms with Gasteiger partial charge in [0.25, 0.3) is 5.91 Å². The molecule has 5 rings (SSSR count). The zero-order chi connectivity index (χ0) is 20.0. The average molecular weight is 388 g/mol. The van der Waals surface area contributed by atoms with Gasteiger partial charge in [0.2, 0.25) is 0 Å². The van der Waals surface area contributed by atoms with Crippen LogP contribution in [-0.2, 0) is 0 Å². The number of fused-ring (bicyclic) bond motifs is 2. The molecule has 0 spiro atoms. The first-order chi connectivity index (χ1) is 14.1. The van der Waals surface area contributed by atoms with E-state index in [1.807, 2.05) is 43.5 Å². The number of aromatic nitrogens is 4. The van der Waals surface area contributed by atoms with Gasteiger partial charge in [0.15, 0.2) is 5.65 Å². The average Bonchev–Trinajstić information content (AvgIpc) is 3.37. The highest BCUT2D eigenvalue weighted by molar-refractivity contribution is 5.98. The predicted octanol–water partition coefficient (Wildman–Crippen LogP) is 3.46. The summed E-state index contributed by atoms with van der Waals surface area (Å²) in [6.07, 6.45) is 5.48. The minimum atomic E-state index is 0.0691. The molecule has 0 aliphatic carbocycles. The second-order valence-corrected chi connectivity index (χ2v) is 7.87. The number of piperidine rings is 1. The van der Waals surface area contributed by atoms with Crippen LogP contribution < -0.4 is 4.90 Å². The SMILES string of the molecule is CN(C)c1ccc2cc(C(=O)N3CCC(n4cnc5cccnc54)CC3)[nH]c2c1. The summed E-state index contributed by atoms with van der Waals surface area (Å²) in [5.74, 6) is 0.0691. The number of nitrogens with one attached hydrogen (secondary N) is 1. The van der Waals surface area contributed by atoms with E-state index in [4.69, 9.17) is 0 Å². The van der Waals surface area contributed by atoms with E-state index in [1.165, 1.54) is 0 Å². The Morgan fingerprint density at radius 3 is 2.76 bits per heavy atom. The number of carbonyl (C=O) groups is 1. The first-order valence-corrected chi connectivity index (χ1v) is 9.97. The fourth-order valence-electron chi connectivity index (χ4n) is 4.16. The summed E-state index contributed by atoms with van der Waals surface area (Å²) in [4.78, 5) is 29.3. The first-order valence-electron chi connectivity index (χ1n) is 9.97. The number of benzene rings is 1. The summed E-state index contributed by atoms with van der Waals surface area (Å²) in [7, 11) is 4.03. The minimum Gasteiger partial charge on any atom is -0.378 e. The third-order valence-electron chi connectivity index (χ3n) is 5.83. The number of hydrogen-bond acceptors (Lipinski definition) is 4. The maximum Gasteiger partial charge on any atom is 0.270 e. The van der Waals surface area contributed by atoms with Gasteiger partial charge in [0.05, 0.1) is 6.33 Å². The molecule has 1 N–H and O–H groups in total. The zero-order valence-electron chi connectivity index (χ0n) is 16.7. The second kappa shape index (κ2) is 6.92. The van der Waals surface area contributed by atoms with Gasteiger partial charge in [-0.25, -0.2) is 9.97 Å². The third-order valence-corrected chi connectivity index (χ3v) is 5.83. The lowest BCUT2D eigenvalue weighted by atomic mass is 10.0. The second-order valence-electron chi connectivity index (χ2n) is 7.87. The van der Waals surface area contributed by atoms with Gasteiger partial charge in [-0.05, 0) is 43.2 Å². The Morgan fingerprint density at radius 1 is 1.14 bits per heavy atom. The number of aromatic amines is 1. The molecule has 1 aromatic carbocycles. The van der Waals surface area contributed by atoms with Crippen LogP contribution in [0.25, 0.3) is 22.1 Å². The van der Waals surface area contributed by atoms with Crippen LogP contribution in [0.3, 0.4) is 0 Å². The third kappa shape index (κ3) is 3.12. The van der Waals surface area contributed by atoms with Gasteiger partial charge in [-0.3, -0.25) is 4.79 Å². The van der Waals surface area contributed by atoms with Crippen LogP contribution in [0.4, 0.5) is 5.69 Å². The molecule has 7 heteroatoms. The van der Waals surface area contributed by atoms with Crippen molar-refractivity contribution in [2.24, 2.45) is 0 Å². The molecular weight excluding hydrogens is 364 g/mol. The number of imidazole rings is 1. The summed E-state index contributed by atoms with van der Waals surface area (Å²) in [6.45, 7) is 1.46. The van der Waals surface area contributed by atoms with Crippen molar-refractivity contribution in [3.8, 4) is 0 Å². The molecule has 0 unspecified atom stereocenters. The summed E-state index contributed by atoms with van der Waals surface area (Å²) in [5.41, 5.74) is 4.60. The van der Waals surface area contributed by atoms with Gasteiger partial charge < -0.3 is 19.4 Å². The van der Waals surface area contributed by atoms with E-state index in [1.54, 1.807) is 6.20 Å². The van der Waals surface area contributed by atoms with Crippen molar-refractivity contribution in [1.29, 1.82) is 0 Å². The van der Waals surface area contributed by atoms with Gasteiger partial charge in [0.1, 0.15) is 11.2 Å². The number of amides is 1. The Kier molecular flexibility index (Phi) is 4.23. The van der Waals surface area contributed by atoms with E-state index in [0.29, 0.717) is 11.7 Å². The van der Waals surface area contributed by atoms with Crippen LogP contribution in [0.5, 0.6) is 0 Å². The van der Waals surface area contributed by atoms with Crippen molar-refractivity contribution in [3.05, 3.63) is 54.6 Å². The molecule has 1 amide bonds. The Labute approximate surface area is 169 Å². The highest BCUT2D eigenvalue weighted by Crippen LogP contribution is 2.27. The van der Waals surface area contributed by atoms with Gasteiger partial charge in [-0.1, -0.05) is 6.07 Å². The molecular formula is C22H24N6O. The highest BCUT2D eigenvalue weighted by atomic mass is 16.2. The topological polar surface area (TPSA) is 70.1 Å². The molecule has 3 aromatic heterocycles. The number of hydrogen-bond donors (Lipinski definition) is 1. The number of carbonyl (C=O) groups excluding carboxylic acids is 1. The lowest BCUT2D eigenvalue weighted by molar-refractivity contribution is 0.0691. The van der Waals surface area contributed by atoms with E-state index < -0.39 is 0 Å². The lowest BCUT2D eigenvalue weighted by Crippen LogP contribution is -2.39. The number of H-pyrrole nitrogens is 1. The molecule has 0 bridgehead atoms. The Bertz CT molecular complexity index is 1180. The van der Waals surface area contributed by atoms with Crippen molar-refractivity contribution in [3.63, 3.8) is 0 Å². The van der Waals surface area contributed by atoms with Crippen molar-refractivity contribution in [2.75, 3.05) is 32.1 Å². The number of pyridine rings is 1. The summed E-state index contributed by atoms with van der Waals surface area (Å²) >= 11 is 0. The Morgan fingerprint density at radius 2 is 1.97 bits per heavy atom. The quantitative estimate of drug-likeness (QED) is 0.584. The maximum absolute atomic E-state index is 13.0. The molecule has 4 heterocycles. The molecule has 1 fully saturated rings. The summed E-state index contributed by atoms with van der Waals surface area (Å²) in [5, 5.41) is 1.06. The fraction of sp³-hybridized carbons (Fsp3) is 0.318. The molecule has 148 valence electrons. The van der Waals surface area contributed by atoms with Crippen LogP contribution in [0.2, 0.25) is 0 Å². The van der Waals surface area contributed by atoms with E-state index in [2.05, 4.69) is 42.6 Å². The first kappa shape index (κ1) is 17.7. The van der Waals surface area contributed by atoms with Gasteiger partial charge in [-0.15, -0.1) is 0 Å². The van der Waals surface area contributed by atoms with Crippen LogP contribution >= 0.6 is 0 Å². The smallest absolute Gasteiger partial charge is 0.270 e. The van der Waals surface area contributed by atoms with Crippen LogP contribution in [-0.4, -0.2) is 57.5 Å². The van der Waals surface area contributed by atoms with Crippen molar-refractivity contribution < 1.29 is 4.79 Å². The van der Waals surface area contributed by atoms with Gasteiger partial charge in [0, 0.05) is 56.0 Å². The molecule has 0 radical (unpaired) electrons. The van der Waals surface area contributed by atoms with E-state index >= 15 is 0 Å². The van der Waals surface area contributed by atoms with Crippen molar-refractivity contribution in [1.82, 2.24) is 24.4 Å². The molecule has 4 aromatic rings. The molecule has 0 saturated carbocycles. The monoisotopic (exact) mass is 388 g/mol. The molecule has 1 aliphatic heterocycles. The number of likely N-dealkylation sites (tertiary alicyclic amines) is 1. The van der Waals surface area contributed by atoms with Gasteiger partial charge >= 0.3 is 0 Å². The maximum atomic E-state index is 13.0. The summed E-state index contributed by atoms with van der Waals surface area (Å²) < 4.78 is 2.16. The molecule has 1 aliphatic rings. The Balaban J connectivity index is 1.31. The zero-order valence-corrected chi connectivity index (χ0v) is 16.7. The van der Waals surface area contributed by atoms with Crippen LogP contribution in [0.15, 0.2) is 48.9 Å². The van der Waals surface area contributed by atoms with Crippen molar-refractivity contribution in [2.45, 2.75) is 18.9 Å². The highest BCUT2D eigenvalue weighted by Gasteiger charge is 2.26. The normalized spacial score (nSPS) is 15.3. The number of anilines is 1. The number of rotatable bonds is 3. The van der Waals surface area contributed by atoms with Crippen LogP contribution in [0, 0.1) is 0 Å². The molecule has 29 heavy (non-hydrogen) atoms. The molecule has 7 nitrogen and oxygen atoms in total.